The van der Waals surface area contributed by atoms with Gasteiger partial charge >= 0.3 is 12.1 Å². The first-order chi connectivity index (χ1) is 19.4. The molecule has 218 valence electrons. The monoisotopic (exact) mass is 693 g/mol. The van der Waals surface area contributed by atoms with Gasteiger partial charge in [0.15, 0.2) is 0 Å². The molecule has 1 fully saturated rings. The highest BCUT2D eigenvalue weighted by Crippen LogP contribution is 2.30. The molecule has 3 aromatic rings. The van der Waals surface area contributed by atoms with Gasteiger partial charge in [0.25, 0.3) is 5.91 Å². The van der Waals surface area contributed by atoms with E-state index in [0.29, 0.717) is 33.5 Å². The number of rotatable bonds is 7. The van der Waals surface area contributed by atoms with Crippen molar-refractivity contribution in [2.75, 3.05) is 29.9 Å². The smallest absolute Gasteiger partial charge is 0.407 e. The lowest BCUT2D eigenvalue weighted by Gasteiger charge is -2.34. The molecule has 2 amide bonds. The maximum absolute atomic E-state index is 14.0. The number of ether oxygens (including phenoxy) is 1. The summed E-state index contributed by atoms with van der Waals surface area (Å²) in [6.07, 6.45) is 1.09. The summed E-state index contributed by atoms with van der Waals surface area (Å²) in [5.74, 6) is -0.973. The summed E-state index contributed by atoms with van der Waals surface area (Å²) >= 11 is 8.57. The van der Waals surface area contributed by atoms with Gasteiger partial charge in [0, 0.05) is 31.2 Å². The number of nitrogens with one attached hydrogen (secondary N) is 1. The van der Waals surface area contributed by atoms with Crippen molar-refractivity contribution in [3.63, 3.8) is 0 Å². The average molecular weight is 694 g/mol. The Morgan fingerprint density at radius 1 is 1.17 bits per heavy atom. The highest BCUT2D eigenvalue weighted by atomic mass is 127. The van der Waals surface area contributed by atoms with Crippen LogP contribution >= 0.6 is 34.2 Å². The lowest BCUT2D eigenvalue weighted by atomic mass is 10.1. The van der Waals surface area contributed by atoms with Crippen LogP contribution in [0.1, 0.15) is 60.0 Å². The molecular formula is C29H33ClIN5O5. The Hall–Kier alpha value is -3.32. The second-order valence-corrected chi connectivity index (χ2v) is 12.3. The van der Waals surface area contributed by atoms with Gasteiger partial charge in [0.05, 0.1) is 17.8 Å². The number of aromatic nitrogens is 2. The molecule has 0 aliphatic carbocycles. The number of piperidine rings is 1. The molecule has 0 bridgehead atoms. The number of amides is 2. The molecule has 0 spiro atoms. The van der Waals surface area contributed by atoms with Gasteiger partial charge in [0.1, 0.15) is 15.0 Å². The number of hydrogen-bond acceptors (Lipinski definition) is 6. The fourth-order valence-corrected chi connectivity index (χ4v) is 5.70. The Labute approximate surface area is 257 Å². The summed E-state index contributed by atoms with van der Waals surface area (Å²) < 4.78 is 7.74. The number of hydrogen-bond donors (Lipinski definition) is 2. The predicted molar refractivity (Wildman–Crippen MR) is 166 cm³/mol. The van der Waals surface area contributed by atoms with Crippen molar-refractivity contribution in [3.05, 3.63) is 74.1 Å². The first kappa shape index (κ1) is 30.6. The van der Waals surface area contributed by atoms with E-state index in [-0.39, 0.29) is 23.8 Å². The summed E-state index contributed by atoms with van der Waals surface area (Å²) in [7, 11) is 1.55. The molecule has 2 heterocycles. The minimum Gasteiger partial charge on any atom is -0.478 e. The standard InChI is InChI=1S/C29H33ClIN5O5/c1-29(2,3)41-28(40)32-19-11-9-15-35(17-19)27-33-24(31)23(36(27)16-18-10-5-7-13-21(18)30)25(37)34(4)22-14-8-6-12-20(22)26(38)39/h5-8,10,12-14,19H,9,11,15-17H2,1-4H3,(H,32,40)(H,38,39)/t19-/m1/s1. The van der Waals surface area contributed by atoms with Gasteiger partial charge in [-0.2, -0.15) is 0 Å². The van der Waals surface area contributed by atoms with Crippen LogP contribution in [0, 0.1) is 3.70 Å². The number of alkyl carbamates (subject to hydrolysis) is 1. The fourth-order valence-electron chi connectivity index (χ4n) is 4.77. The van der Waals surface area contributed by atoms with Crippen molar-refractivity contribution < 1.29 is 24.2 Å². The molecular weight excluding hydrogens is 661 g/mol. The molecule has 2 N–H and O–H groups in total. The van der Waals surface area contributed by atoms with E-state index in [1.54, 1.807) is 31.3 Å². The summed E-state index contributed by atoms with van der Waals surface area (Å²) in [5, 5.41) is 13.2. The van der Waals surface area contributed by atoms with Crippen LogP contribution in [0.2, 0.25) is 5.02 Å². The van der Waals surface area contributed by atoms with Crippen LogP contribution in [0.4, 0.5) is 16.4 Å². The molecule has 2 aromatic carbocycles. The van der Waals surface area contributed by atoms with Gasteiger partial charge in [-0.25, -0.2) is 14.6 Å². The molecule has 1 aromatic heterocycles. The van der Waals surface area contributed by atoms with E-state index in [1.165, 1.54) is 11.0 Å². The second kappa shape index (κ2) is 12.7. The quantitative estimate of drug-likeness (QED) is 0.307. The number of carboxylic acids is 1. The van der Waals surface area contributed by atoms with E-state index in [0.717, 1.165) is 18.4 Å². The number of aromatic carboxylic acids is 1. The van der Waals surface area contributed by atoms with Gasteiger partial charge in [-0.05, 0) is 80.0 Å². The van der Waals surface area contributed by atoms with Gasteiger partial charge in [0.2, 0.25) is 5.95 Å². The topological polar surface area (TPSA) is 117 Å². The van der Waals surface area contributed by atoms with Crippen LogP contribution in [0.3, 0.4) is 0 Å². The zero-order chi connectivity index (χ0) is 29.9. The highest BCUT2D eigenvalue weighted by molar-refractivity contribution is 14.1. The number of nitrogens with zero attached hydrogens (tertiary/aromatic N) is 4. The Bertz CT molecular complexity index is 1450. The fraction of sp³-hybridized carbons (Fsp3) is 0.379. The van der Waals surface area contributed by atoms with Crippen LogP contribution in [-0.2, 0) is 11.3 Å². The SMILES string of the molecule is CN(C(=O)c1c(I)nc(N2CCC[C@@H](NC(=O)OC(C)(C)C)C2)n1Cc1ccccc1Cl)c1ccccc1C(=O)O. The van der Waals surface area contributed by atoms with E-state index in [4.69, 9.17) is 21.3 Å². The number of carbonyl (C=O) groups is 3. The molecule has 10 nitrogen and oxygen atoms in total. The van der Waals surface area contributed by atoms with E-state index in [1.807, 2.05) is 71.0 Å². The molecule has 1 saturated heterocycles. The minimum atomic E-state index is -1.13. The zero-order valence-corrected chi connectivity index (χ0v) is 26.3. The first-order valence-electron chi connectivity index (χ1n) is 13.2. The van der Waals surface area contributed by atoms with Gasteiger partial charge in [-0.3, -0.25) is 4.79 Å². The number of carboxylic acid groups (broad SMARTS) is 1. The Kier molecular flexibility index (Phi) is 9.48. The lowest BCUT2D eigenvalue weighted by Crippen LogP contribution is -2.49. The van der Waals surface area contributed by atoms with Crippen LogP contribution in [0.25, 0.3) is 0 Å². The van der Waals surface area contributed by atoms with Crippen molar-refractivity contribution in [1.29, 1.82) is 0 Å². The summed E-state index contributed by atoms with van der Waals surface area (Å²) in [4.78, 5) is 46.6. The second-order valence-electron chi connectivity index (χ2n) is 10.8. The van der Waals surface area contributed by atoms with Crippen molar-refractivity contribution in [2.45, 2.75) is 51.8 Å². The first-order valence-corrected chi connectivity index (χ1v) is 14.7. The summed E-state index contributed by atoms with van der Waals surface area (Å²) in [6, 6.07) is 13.6. The third-order valence-electron chi connectivity index (χ3n) is 6.62. The van der Waals surface area contributed by atoms with Crippen LogP contribution in [0.5, 0.6) is 0 Å². The number of imidazole rings is 1. The molecule has 1 aliphatic rings. The highest BCUT2D eigenvalue weighted by Gasteiger charge is 2.32. The predicted octanol–water partition coefficient (Wildman–Crippen LogP) is 5.66. The lowest BCUT2D eigenvalue weighted by molar-refractivity contribution is 0.0499. The number of benzene rings is 2. The van der Waals surface area contributed by atoms with Gasteiger partial charge < -0.3 is 29.5 Å². The number of carbonyl (C=O) groups excluding carboxylic acids is 2. The minimum absolute atomic E-state index is 0.0165. The van der Waals surface area contributed by atoms with Crippen molar-refractivity contribution in [3.8, 4) is 0 Å². The van der Waals surface area contributed by atoms with Gasteiger partial charge in [-0.15, -0.1) is 0 Å². The molecule has 1 atom stereocenters. The molecule has 0 radical (unpaired) electrons. The molecule has 0 saturated carbocycles. The molecule has 12 heteroatoms. The van der Waals surface area contributed by atoms with E-state index < -0.39 is 23.6 Å². The summed E-state index contributed by atoms with van der Waals surface area (Å²) in [6.45, 7) is 6.86. The van der Waals surface area contributed by atoms with E-state index in [9.17, 15) is 19.5 Å². The van der Waals surface area contributed by atoms with Crippen LogP contribution in [-0.4, -0.2) is 64.4 Å². The Morgan fingerprint density at radius 3 is 2.54 bits per heavy atom. The van der Waals surface area contributed by atoms with Crippen molar-refractivity contribution >= 4 is 63.8 Å². The number of halogens is 2. The summed E-state index contributed by atoms with van der Waals surface area (Å²) in [5.41, 5.74) is 0.785. The van der Waals surface area contributed by atoms with Crippen molar-refractivity contribution in [2.24, 2.45) is 0 Å². The normalized spacial score (nSPS) is 15.4. The maximum atomic E-state index is 14.0. The molecule has 41 heavy (non-hydrogen) atoms. The van der Waals surface area contributed by atoms with Gasteiger partial charge in [-0.1, -0.05) is 41.9 Å². The van der Waals surface area contributed by atoms with Crippen LogP contribution < -0.4 is 15.1 Å². The number of para-hydroxylation sites is 1. The Morgan fingerprint density at radius 2 is 1.85 bits per heavy atom. The maximum Gasteiger partial charge on any atom is 0.407 e. The van der Waals surface area contributed by atoms with E-state index >= 15 is 0 Å². The Balaban J connectivity index is 1.72. The largest absolute Gasteiger partial charge is 0.478 e. The van der Waals surface area contributed by atoms with Crippen LogP contribution in [0.15, 0.2) is 48.5 Å². The molecule has 1 aliphatic heterocycles. The number of anilines is 2. The average Bonchev–Trinajstić information content (AvgIpc) is 3.23. The molecule has 4 rings (SSSR count). The third-order valence-corrected chi connectivity index (χ3v) is 7.74. The zero-order valence-electron chi connectivity index (χ0n) is 23.4. The van der Waals surface area contributed by atoms with Crippen molar-refractivity contribution in [1.82, 2.24) is 14.9 Å². The molecule has 0 unspecified atom stereocenters. The third kappa shape index (κ3) is 7.31. The van der Waals surface area contributed by atoms with E-state index in [2.05, 4.69) is 5.32 Å².